The Morgan fingerprint density at radius 1 is 0.560 bits per heavy atom. The summed E-state index contributed by atoms with van der Waals surface area (Å²) in [6, 6.07) is 24.5. The van der Waals surface area contributed by atoms with Gasteiger partial charge in [-0.3, -0.25) is 0 Å². The molecule has 0 aromatic heterocycles. The number of hydrogen-bond donors (Lipinski definition) is 0. The first-order chi connectivity index (χ1) is 12.2. The van der Waals surface area contributed by atoms with Gasteiger partial charge in [-0.05, 0) is 11.1 Å². The van der Waals surface area contributed by atoms with E-state index in [0.29, 0.717) is 22.3 Å². The second-order valence-corrected chi connectivity index (χ2v) is 5.63. The molecule has 3 aromatic carbocycles. The van der Waals surface area contributed by atoms with E-state index in [9.17, 15) is 15.8 Å². The zero-order chi connectivity index (χ0) is 17.8. The molecular formula is C21H10ClN3. The van der Waals surface area contributed by atoms with Crippen molar-refractivity contribution in [1.29, 1.82) is 15.8 Å². The first-order valence-corrected chi connectivity index (χ1v) is 7.81. The van der Waals surface area contributed by atoms with Crippen molar-refractivity contribution in [2.24, 2.45) is 0 Å². The molecule has 0 unspecified atom stereocenters. The fourth-order valence-corrected chi connectivity index (χ4v) is 3.10. The first-order valence-electron chi connectivity index (χ1n) is 7.43. The smallest absolute Gasteiger partial charge is 0.101 e. The minimum atomic E-state index is 0.0710. The van der Waals surface area contributed by atoms with Crippen LogP contribution in [0.1, 0.15) is 16.7 Å². The maximum absolute atomic E-state index is 9.84. The molecule has 0 aliphatic carbocycles. The summed E-state index contributed by atoms with van der Waals surface area (Å²) in [5.74, 6) is 0. The summed E-state index contributed by atoms with van der Waals surface area (Å²) in [4.78, 5) is 0. The molecule has 4 heteroatoms. The van der Waals surface area contributed by atoms with Crippen LogP contribution in [0.15, 0.2) is 60.7 Å². The van der Waals surface area contributed by atoms with Gasteiger partial charge in [0.1, 0.15) is 18.2 Å². The Hall–Kier alpha value is -3.58. The maximum Gasteiger partial charge on any atom is 0.101 e. The lowest BCUT2D eigenvalue weighted by Crippen LogP contribution is -2.00. The molecule has 0 amide bonds. The lowest BCUT2D eigenvalue weighted by molar-refractivity contribution is 1.40. The van der Waals surface area contributed by atoms with Crippen molar-refractivity contribution in [2.75, 3.05) is 0 Å². The number of nitriles is 3. The van der Waals surface area contributed by atoms with Gasteiger partial charge in [-0.1, -0.05) is 72.3 Å². The van der Waals surface area contributed by atoms with Crippen LogP contribution in [0.2, 0.25) is 5.02 Å². The van der Waals surface area contributed by atoms with Gasteiger partial charge in [0.05, 0.1) is 21.7 Å². The van der Waals surface area contributed by atoms with Crippen LogP contribution in [0.4, 0.5) is 0 Å². The number of hydrogen-bond acceptors (Lipinski definition) is 3. The Bertz CT molecular complexity index is 988. The molecule has 0 fully saturated rings. The highest BCUT2D eigenvalue weighted by molar-refractivity contribution is 6.34. The molecule has 0 saturated carbocycles. The van der Waals surface area contributed by atoms with Crippen molar-refractivity contribution < 1.29 is 0 Å². The highest BCUT2D eigenvalue weighted by Crippen LogP contribution is 2.41. The summed E-state index contributed by atoms with van der Waals surface area (Å²) in [6.45, 7) is 0. The third-order valence-electron chi connectivity index (χ3n) is 3.90. The van der Waals surface area contributed by atoms with E-state index in [2.05, 4.69) is 18.2 Å². The minimum Gasteiger partial charge on any atom is -0.192 e. The van der Waals surface area contributed by atoms with Gasteiger partial charge >= 0.3 is 0 Å². The van der Waals surface area contributed by atoms with Gasteiger partial charge < -0.3 is 0 Å². The molecule has 3 nitrogen and oxygen atoms in total. The number of nitrogens with zero attached hydrogens (tertiary/aromatic N) is 3. The van der Waals surface area contributed by atoms with Crippen LogP contribution >= 0.6 is 11.6 Å². The molecule has 0 aliphatic rings. The number of benzene rings is 3. The van der Waals surface area contributed by atoms with E-state index in [4.69, 9.17) is 11.6 Å². The van der Waals surface area contributed by atoms with E-state index < -0.39 is 0 Å². The molecule has 0 bridgehead atoms. The molecular weight excluding hydrogens is 330 g/mol. The van der Waals surface area contributed by atoms with Gasteiger partial charge in [0, 0.05) is 11.1 Å². The Balaban J connectivity index is 2.54. The predicted octanol–water partition coefficient (Wildman–Crippen LogP) is 5.29. The van der Waals surface area contributed by atoms with Crippen LogP contribution in [0.25, 0.3) is 22.3 Å². The quantitative estimate of drug-likeness (QED) is 0.636. The molecule has 0 heterocycles. The van der Waals surface area contributed by atoms with Crippen LogP contribution in [0.3, 0.4) is 0 Å². The molecule has 0 atom stereocenters. The Kier molecular flexibility index (Phi) is 4.49. The average molecular weight is 340 g/mol. The molecule has 25 heavy (non-hydrogen) atoms. The fourth-order valence-electron chi connectivity index (χ4n) is 2.83. The fraction of sp³-hybridized carbons (Fsp3) is 0. The third-order valence-corrected chi connectivity index (χ3v) is 4.28. The monoisotopic (exact) mass is 339 g/mol. The predicted molar refractivity (Wildman–Crippen MR) is 96.5 cm³/mol. The number of halogens is 1. The van der Waals surface area contributed by atoms with E-state index in [1.165, 1.54) is 0 Å². The van der Waals surface area contributed by atoms with Gasteiger partial charge in [0.15, 0.2) is 0 Å². The Morgan fingerprint density at radius 2 is 0.920 bits per heavy atom. The summed E-state index contributed by atoms with van der Waals surface area (Å²) >= 11 is 6.39. The van der Waals surface area contributed by atoms with Gasteiger partial charge in [-0.25, -0.2) is 0 Å². The van der Waals surface area contributed by atoms with Gasteiger partial charge in [0.2, 0.25) is 0 Å². The van der Waals surface area contributed by atoms with E-state index in [0.717, 1.165) is 0 Å². The van der Waals surface area contributed by atoms with Crippen molar-refractivity contribution in [3.8, 4) is 40.5 Å². The van der Waals surface area contributed by atoms with Crippen molar-refractivity contribution in [3.05, 3.63) is 82.4 Å². The van der Waals surface area contributed by atoms with Crippen molar-refractivity contribution in [2.45, 2.75) is 0 Å². The molecule has 3 rings (SSSR count). The Labute approximate surface area is 150 Å². The van der Waals surface area contributed by atoms with Crippen LogP contribution in [0.5, 0.6) is 0 Å². The first kappa shape index (κ1) is 16.3. The van der Waals surface area contributed by atoms with E-state index >= 15 is 0 Å². The highest BCUT2D eigenvalue weighted by Gasteiger charge is 2.24. The van der Waals surface area contributed by atoms with Crippen molar-refractivity contribution >= 4 is 11.6 Å². The number of rotatable bonds is 2. The summed E-state index contributed by atoms with van der Waals surface area (Å²) in [7, 11) is 0. The standard InChI is InChI=1S/C21H10ClN3/c22-21-17(12-24)19(14-7-3-1-4-8-14)16(11-23)20(18(21)13-25)15-9-5-2-6-10-15/h1-10H. The van der Waals surface area contributed by atoms with Gasteiger partial charge in [0.25, 0.3) is 0 Å². The molecule has 0 aliphatic heterocycles. The molecule has 0 saturated heterocycles. The van der Waals surface area contributed by atoms with Crippen molar-refractivity contribution in [1.82, 2.24) is 0 Å². The van der Waals surface area contributed by atoms with E-state index in [1.807, 2.05) is 60.7 Å². The lowest BCUT2D eigenvalue weighted by atomic mass is 9.86. The van der Waals surface area contributed by atoms with Crippen LogP contribution in [0, 0.1) is 34.0 Å². The van der Waals surface area contributed by atoms with Crippen LogP contribution in [-0.4, -0.2) is 0 Å². The molecule has 0 radical (unpaired) electrons. The third kappa shape index (κ3) is 2.73. The molecule has 0 N–H and O–H groups in total. The minimum absolute atomic E-state index is 0.0710. The van der Waals surface area contributed by atoms with Gasteiger partial charge in [-0.2, -0.15) is 15.8 Å². The van der Waals surface area contributed by atoms with Crippen molar-refractivity contribution in [3.63, 3.8) is 0 Å². The van der Waals surface area contributed by atoms with E-state index in [1.54, 1.807) is 0 Å². The topological polar surface area (TPSA) is 71.4 Å². The van der Waals surface area contributed by atoms with E-state index in [-0.39, 0.29) is 21.7 Å². The van der Waals surface area contributed by atoms with Crippen LogP contribution in [-0.2, 0) is 0 Å². The highest BCUT2D eigenvalue weighted by atomic mass is 35.5. The summed E-state index contributed by atoms with van der Waals surface area (Å²) in [5.41, 5.74) is 2.87. The zero-order valence-corrected chi connectivity index (χ0v) is 13.7. The SMILES string of the molecule is N#Cc1c(Cl)c(C#N)c(-c2ccccc2)c(C#N)c1-c1ccccc1. The molecule has 3 aromatic rings. The zero-order valence-electron chi connectivity index (χ0n) is 13.0. The Morgan fingerprint density at radius 3 is 1.24 bits per heavy atom. The average Bonchev–Trinajstić information content (AvgIpc) is 2.68. The maximum atomic E-state index is 9.84. The molecule has 0 spiro atoms. The van der Waals surface area contributed by atoms with Crippen LogP contribution < -0.4 is 0 Å². The van der Waals surface area contributed by atoms with Gasteiger partial charge in [-0.15, -0.1) is 0 Å². The molecule has 116 valence electrons. The largest absolute Gasteiger partial charge is 0.192 e. The second-order valence-electron chi connectivity index (χ2n) is 5.26. The summed E-state index contributed by atoms with van der Waals surface area (Å²) in [5, 5.41) is 29.1. The lowest BCUT2D eigenvalue weighted by Gasteiger charge is -2.16. The second kappa shape index (κ2) is 6.90. The summed E-state index contributed by atoms with van der Waals surface area (Å²) < 4.78 is 0. The summed E-state index contributed by atoms with van der Waals surface area (Å²) in [6.07, 6.45) is 0. The normalized spacial score (nSPS) is 9.68.